The molecule has 2 aliphatic heterocycles. The minimum atomic E-state index is -0.678. The van der Waals surface area contributed by atoms with E-state index in [0.29, 0.717) is 32.0 Å². The molecule has 0 radical (unpaired) electrons. The molecule has 0 aromatic rings. The number of likely N-dealkylation sites (tertiary alicyclic amines) is 1. The lowest BCUT2D eigenvalue weighted by molar-refractivity contribution is -0.139. The van der Waals surface area contributed by atoms with Crippen LogP contribution in [0.15, 0.2) is 0 Å². The zero-order chi connectivity index (χ0) is 14.6. The van der Waals surface area contributed by atoms with Crippen LogP contribution in [0.4, 0.5) is 0 Å². The lowest BCUT2D eigenvalue weighted by atomic mass is 9.90. The van der Waals surface area contributed by atoms with Crippen molar-refractivity contribution in [3.8, 4) is 0 Å². The summed E-state index contributed by atoms with van der Waals surface area (Å²) in [6, 6.07) is 0. The summed E-state index contributed by atoms with van der Waals surface area (Å²) in [5.41, 5.74) is 5.62. The van der Waals surface area contributed by atoms with E-state index >= 15 is 0 Å². The Morgan fingerprint density at radius 2 is 1.86 bits per heavy atom. The summed E-state index contributed by atoms with van der Waals surface area (Å²) in [4.78, 5) is 17.0. The molecule has 2 rings (SSSR count). The molecular weight excluding hydrogens is 325 g/mol. The molecule has 0 bridgehead atoms. The van der Waals surface area contributed by atoms with Crippen LogP contribution in [0.25, 0.3) is 0 Å². The van der Waals surface area contributed by atoms with E-state index in [1.807, 2.05) is 4.90 Å². The van der Waals surface area contributed by atoms with Crippen molar-refractivity contribution in [1.82, 2.24) is 9.80 Å². The number of ether oxygens (including phenoxy) is 1. The number of hydrogen-bond donors (Lipinski definition) is 1. The first-order valence-electron chi connectivity index (χ1n) is 7.97. The van der Waals surface area contributed by atoms with Gasteiger partial charge in [-0.15, -0.1) is 24.8 Å². The summed E-state index contributed by atoms with van der Waals surface area (Å²) in [5, 5.41) is 0. The van der Waals surface area contributed by atoms with Gasteiger partial charge in [0, 0.05) is 32.8 Å². The average Bonchev–Trinajstić information content (AvgIpc) is 2.93. The van der Waals surface area contributed by atoms with E-state index in [1.54, 1.807) is 0 Å². The third kappa shape index (κ3) is 5.24. The second-order valence-corrected chi connectivity index (χ2v) is 6.16. The first-order chi connectivity index (χ1) is 9.59. The fourth-order valence-electron chi connectivity index (χ4n) is 3.28. The Balaban J connectivity index is 0.00000220. The molecule has 2 saturated heterocycles. The van der Waals surface area contributed by atoms with Gasteiger partial charge >= 0.3 is 0 Å². The first-order valence-corrected chi connectivity index (χ1v) is 7.97. The van der Waals surface area contributed by atoms with Gasteiger partial charge in [0.15, 0.2) is 0 Å². The molecule has 2 fully saturated rings. The van der Waals surface area contributed by atoms with Gasteiger partial charge in [0.05, 0.1) is 5.54 Å². The van der Waals surface area contributed by atoms with E-state index in [2.05, 4.69) is 18.7 Å². The van der Waals surface area contributed by atoms with Crippen LogP contribution in [-0.4, -0.2) is 67.2 Å². The van der Waals surface area contributed by atoms with Crippen molar-refractivity contribution in [3.05, 3.63) is 0 Å². The quantitative estimate of drug-likeness (QED) is 0.812. The first kappa shape index (κ1) is 21.9. The van der Waals surface area contributed by atoms with Crippen LogP contribution in [0, 0.1) is 5.92 Å². The van der Waals surface area contributed by atoms with Crippen LogP contribution < -0.4 is 5.73 Å². The smallest absolute Gasteiger partial charge is 0.242 e. The Morgan fingerprint density at radius 1 is 1.27 bits per heavy atom. The van der Waals surface area contributed by atoms with Crippen LogP contribution in [0.2, 0.25) is 0 Å². The summed E-state index contributed by atoms with van der Waals surface area (Å²) < 4.78 is 5.32. The molecule has 1 amide bonds. The number of nitrogens with zero attached hydrogens (tertiary/aromatic N) is 2. The monoisotopic (exact) mass is 355 g/mol. The molecule has 1 atom stereocenters. The largest absolute Gasteiger partial charge is 0.381 e. The van der Waals surface area contributed by atoms with Crippen molar-refractivity contribution in [2.75, 3.05) is 45.9 Å². The van der Waals surface area contributed by atoms with Crippen LogP contribution in [0.3, 0.4) is 0 Å². The highest BCUT2D eigenvalue weighted by Crippen LogP contribution is 2.25. The van der Waals surface area contributed by atoms with E-state index in [1.165, 1.54) is 0 Å². The van der Waals surface area contributed by atoms with Crippen molar-refractivity contribution < 1.29 is 9.53 Å². The number of rotatable bonds is 5. The summed E-state index contributed by atoms with van der Waals surface area (Å²) in [6.45, 7) is 10.6. The van der Waals surface area contributed by atoms with Crippen molar-refractivity contribution >= 4 is 30.7 Å². The number of halogens is 2. The van der Waals surface area contributed by atoms with Gasteiger partial charge in [-0.05, 0) is 38.3 Å². The maximum absolute atomic E-state index is 12.6. The fourth-order valence-corrected chi connectivity index (χ4v) is 3.28. The minimum Gasteiger partial charge on any atom is -0.381 e. The Bertz CT molecular complexity index is 335. The standard InChI is InChI=1S/C15H29N3O2.2ClH/c1-3-17(4-2)11-13-5-8-18(12-13)14(19)15(16)6-9-20-10-7-15;;/h13H,3-12,16H2,1-2H3;2*1H. The van der Waals surface area contributed by atoms with E-state index in [4.69, 9.17) is 10.5 Å². The lowest BCUT2D eigenvalue weighted by Crippen LogP contribution is -2.57. The summed E-state index contributed by atoms with van der Waals surface area (Å²) >= 11 is 0. The minimum absolute atomic E-state index is 0. The van der Waals surface area contributed by atoms with Gasteiger partial charge in [0.25, 0.3) is 0 Å². The molecule has 2 N–H and O–H groups in total. The Labute approximate surface area is 146 Å². The van der Waals surface area contributed by atoms with Gasteiger partial charge in [0.2, 0.25) is 5.91 Å². The lowest BCUT2D eigenvalue weighted by Gasteiger charge is -2.35. The SMILES string of the molecule is CCN(CC)CC1CCN(C(=O)C2(N)CCOCC2)C1.Cl.Cl. The molecule has 0 spiro atoms. The number of carbonyl (C=O) groups is 1. The van der Waals surface area contributed by atoms with Gasteiger partial charge in [-0.3, -0.25) is 4.79 Å². The molecule has 132 valence electrons. The third-order valence-corrected chi connectivity index (χ3v) is 4.79. The number of hydrogen-bond acceptors (Lipinski definition) is 4. The second-order valence-electron chi connectivity index (χ2n) is 6.16. The molecule has 5 nitrogen and oxygen atoms in total. The molecule has 0 aromatic heterocycles. The van der Waals surface area contributed by atoms with Crippen molar-refractivity contribution in [2.24, 2.45) is 11.7 Å². The van der Waals surface area contributed by atoms with Crippen LogP contribution >= 0.6 is 24.8 Å². The summed E-state index contributed by atoms with van der Waals surface area (Å²) in [5.74, 6) is 0.741. The Morgan fingerprint density at radius 3 is 2.41 bits per heavy atom. The summed E-state index contributed by atoms with van der Waals surface area (Å²) in [6.07, 6.45) is 2.42. The highest BCUT2D eigenvalue weighted by molar-refractivity contribution is 5.86. The Kier molecular flexibility index (Phi) is 9.90. The third-order valence-electron chi connectivity index (χ3n) is 4.79. The van der Waals surface area contributed by atoms with Crippen molar-refractivity contribution in [3.63, 3.8) is 0 Å². The summed E-state index contributed by atoms with van der Waals surface area (Å²) in [7, 11) is 0. The van der Waals surface area contributed by atoms with Gasteiger partial charge in [-0.25, -0.2) is 0 Å². The topological polar surface area (TPSA) is 58.8 Å². The predicted octanol–water partition coefficient (Wildman–Crippen LogP) is 1.53. The molecule has 7 heteroatoms. The molecule has 0 aliphatic carbocycles. The molecule has 22 heavy (non-hydrogen) atoms. The maximum atomic E-state index is 12.6. The van der Waals surface area contributed by atoms with Gasteiger partial charge in [-0.1, -0.05) is 13.8 Å². The van der Waals surface area contributed by atoms with Gasteiger partial charge in [-0.2, -0.15) is 0 Å². The molecule has 0 saturated carbocycles. The Hall–Kier alpha value is -0.0700. The van der Waals surface area contributed by atoms with Crippen molar-refractivity contribution in [2.45, 2.75) is 38.6 Å². The van der Waals surface area contributed by atoms with Crippen LogP contribution in [-0.2, 0) is 9.53 Å². The zero-order valence-electron chi connectivity index (χ0n) is 13.8. The van der Waals surface area contributed by atoms with Crippen molar-refractivity contribution in [1.29, 1.82) is 0 Å². The molecule has 0 aromatic carbocycles. The molecular formula is C15H31Cl2N3O2. The van der Waals surface area contributed by atoms with E-state index in [9.17, 15) is 4.79 Å². The van der Waals surface area contributed by atoms with Gasteiger partial charge in [0.1, 0.15) is 0 Å². The van der Waals surface area contributed by atoms with Crippen LogP contribution in [0.5, 0.6) is 0 Å². The number of amides is 1. The van der Waals surface area contributed by atoms with Gasteiger partial charge < -0.3 is 20.3 Å². The maximum Gasteiger partial charge on any atom is 0.242 e. The van der Waals surface area contributed by atoms with E-state index < -0.39 is 5.54 Å². The fraction of sp³-hybridized carbons (Fsp3) is 0.933. The molecule has 1 unspecified atom stereocenters. The highest BCUT2D eigenvalue weighted by Gasteiger charge is 2.41. The highest BCUT2D eigenvalue weighted by atomic mass is 35.5. The average molecular weight is 356 g/mol. The second kappa shape index (κ2) is 9.93. The van der Waals surface area contributed by atoms with E-state index in [0.717, 1.165) is 39.1 Å². The molecule has 2 heterocycles. The number of carbonyl (C=O) groups excluding carboxylic acids is 1. The molecule has 2 aliphatic rings. The zero-order valence-corrected chi connectivity index (χ0v) is 15.4. The normalized spacial score (nSPS) is 23.8. The van der Waals surface area contributed by atoms with E-state index in [-0.39, 0.29) is 30.7 Å². The number of nitrogens with two attached hydrogens (primary N) is 1. The predicted molar refractivity (Wildman–Crippen MR) is 93.9 cm³/mol. The van der Waals surface area contributed by atoms with Crippen LogP contribution in [0.1, 0.15) is 33.1 Å².